The van der Waals surface area contributed by atoms with Crippen molar-refractivity contribution < 1.29 is 0 Å². The zero-order valence-corrected chi connectivity index (χ0v) is 18.7. The number of hydrogen-bond donors (Lipinski definition) is 0. The van der Waals surface area contributed by atoms with Crippen LogP contribution in [-0.4, -0.2) is 9.13 Å². The summed E-state index contributed by atoms with van der Waals surface area (Å²) in [6.07, 6.45) is 0. The molecule has 0 aliphatic heterocycles. The van der Waals surface area contributed by atoms with Gasteiger partial charge in [-0.1, -0.05) is 0 Å². The monoisotopic (exact) mass is 406 g/mol. The van der Waals surface area contributed by atoms with Crippen LogP contribution in [-0.2, 0) is 14.1 Å². The minimum Gasteiger partial charge on any atom is -0.277 e. The van der Waals surface area contributed by atoms with Gasteiger partial charge in [-0.3, -0.25) is 28.3 Å². The Balaban J connectivity index is 0.000000187. The Morgan fingerprint density at radius 2 is 0.600 bits per heavy atom. The van der Waals surface area contributed by atoms with Crippen LogP contribution in [0.2, 0.25) is 0 Å². The zero-order valence-electron chi connectivity index (χ0n) is 18.7. The van der Waals surface area contributed by atoms with Crippen molar-refractivity contribution in [2.45, 2.75) is 41.5 Å². The highest BCUT2D eigenvalue weighted by Crippen LogP contribution is 2.24. The van der Waals surface area contributed by atoms with Crippen molar-refractivity contribution in [3.8, 4) is 0 Å². The Bertz CT molecular complexity index is 1280. The van der Waals surface area contributed by atoms with Crippen LogP contribution >= 0.6 is 0 Å². The summed E-state index contributed by atoms with van der Waals surface area (Å²) in [6, 6.07) is 2.66. The second-order valence-electron chi connectivity index (χ2n) is 8.03. The van der Waals surface area contributed by atoms with Crippen molar-refractivity contribution in [3.05, 3.63) is 86.9 Å². The van der Waals surface area contributed by atoms with Gasteiger partial charge in [-0.25, -0.2) is 0 Å². The Kier molecular flexibility index (Phi) is 5.14. The summed E-state index contributed by atoms with van der Waals surface area (Å²) >= 11 is 0. The average molecular weight is 406 g/mol. The molecule has 2 aromatic heterocycles. The topological polar surface area (TPSA) is 78.1 Å². The minimum absolute atomic E-state index is 0.178. The molecule has 6 nitrogen and oxygen atoms in total. The summed E-state index contributed by atoms with van der Waals surface area (Å²) in [5, 5.41) is 0.714. The van der Waals surface area contributed by atoms with E-state index < -0.39 is 22.2 Å². The van der Waals surface area contributed by atoms with Gasteiger partial charge >= 0.3 is 0 Å². The maximum absolute atomic E-state index is 11.8. The molecule has 0 saturated carbocycles. The third kappa shape index (κ3) is 2.95. The molecule has 0 amide bonds. The van der Waals surface area contributed by atoms with E-state index in [-0.39, 0.29) is 21.5 Å². The van der Waals surface area contributed by atoms with Gasteiger partial charge in [-0.15, -0.1) is 0 Å². The van der Waals surface area contributed by atoms with Crippen molar-refractivity contribution in [2.24, 2.45) is 14.1 Å². The lowest BCUT2D eigenvalue weighted by Crippen LogP contribution is -2.21. The first kappa shape index (κ1) is 21.4. The number of hydrogen-bond acceptors (Lipinski definition) is 4. The van der Waals surface area contributed by atoms with E-state index in [4.69, 9.17) is 0 Å². The average Bonchev–Trinajstić information content (AvgIpc) is 3.08. The molecule has 2 aromatic carbocycles. The Labute approximate surface area is 173 Å². The molecule has 0 aliphatic rings. The minimum atomic E-state index is -0.451. The van der Waals surface area contributed by atoms with E-state index in [9.17, 15) is 19.2 Å². The van der Waals surface area contributed by atoms with Crippen molar-refractivity contribution in [2.75, 3.05) is 0 Å². The Morgan fingerprint density at radius 1 is 0.433 bits per heavy atom. The zero-order chi connectivity index (χ0) is 22.7. The van der Waals surface area contributed by atoms with E-state index in [1.807, 2.05) is 0 Å². The molecule has 0 bridgehead atoms. The van der Waals surface area contributed by atoms with Gasteiger partial charge in [-0.2, -0.15) is 0 Å². The third-order valence-electron chi connectivity index (χ3n) is 6.67. The van der Waals surface area contributed by atoms with Crippen LogP contribution in [0.25, 0.3) is 21.5 Å². The first-order valence-electron chi connectivity index (χ1n) is 9.76. The fraction of sp³-hybridized carbons (Fsp3) is 0.333. The molecule has 2 heterocycles. The lowest BCUT2D eigenvalue weighted by atomic mass is 9.90. The molecule has 6 heteroatoms. The van der Waals surface area contributed by atoms with Crippen LogP contribution < -0.4 is 22.2 Å². The second-order valence-corrected chi connectivity index (χ2v) is 8.03. The van der Waals surface area contributed by atoms with Crippen LogP contribution in [0.4, 0.5) is 0 Å². The molecule has 30 heavy (non-hydrogen) atoms. The van der Waals surface area contributed by atoms with Crippen LogP contribution in [0.5, 0.6) is 0 Å². The summed E-state index contributed by atoms with van der Waals surface area (Å²) in [5.41, 5.74) is 6.92. The Hall–Kier alpha value is -3.28. The fourth-order valence-electron chi connectivity index (χ4n) is 3.90. The SMILES string of the molecule is Cc1c(C)c(C)c(C)c(C)c1C.Cn1c(=O)c2cc3c(=O)n(C)c(=O)c3cc2c1=O. The lowest BCUT2D eigenvalue weighted by Gasteiger charge is -2.15. The smallest absolute Gasteiger partial charge is 0.261 e. The van der Waals surface area contributed by atoms with Gasteiger partial charge in [0.05, 0.1) is 21.5 Å². The van der Waals surface area contributed by atoms with Crippen molar-refractivity contribution in [1.82, 2.24) is 9.13 Å². The molecular weight excluding hydrogens is 380 g/mol. The van der Waals surface area contributed by atoms with Crippen molar-refractivity contribution in [3.63, 3.8) is 0 Å². The van der Waals surface area contributed by atoms with Gasteiger partial charge in [-0.05, 0) is 87.1 Å². The molecule has 0 saturated heterocycles. The van der Waals surface area contributed by atoms with Gasteiger partial charge < -0.3 is 0 Å². The van der Waals surface area contributed by atoms with E-state index in [1.165, 1.54) is 59.6 Å². The number of benzene rings is 2. The molecule has 4 rings (SSSR count). The van der Waals surface area contributed by atoms with Crippen molar-refractivity contribution >= 4 is 21.5 Å². The summed E-state index contributed by atoms with van der Waals surface area (Å²) in [7, 11) is 2.73. The molecular formula is C24H26N2O4. The van der Waals surface area contributed by atoms with E-state index in [0.29, 0.717) is 0 Å². The summed E-state index contributed by atoms with van der Waals surface area (Å²) < 4.78 is 1.94. The van der Waals surface area contributed by atoms with Crippen LogP contribution in [0, 0.1) is 41.5 Å². The maximum atomic E-state index is 11.8. The highest BCUT2D eigenvalue weighted by atomic mass is 16.2. The molecule has 0 unspecified atom stereocenters. The van der Waals surface area contributed by atoms with Crippen LogP contribution in [0.1, 0.15) is 33.4 Å². The van der Waals surface area contributed by atoms with E-state index >= 15 is 0 Å². The van der Waals surface area contributed by atoms with Gasteiger partial charge in [0.2, 0.25) is 0 Å². The summed E-state index contributed by atoms with van der Waals surface area (Å²) in [5.74, 6) is 0. The quantitative estimate of drug-likeness (QED) is 0.450. The van der Waals surface area contributed by atoms with Crippen LogP contribution in [0.3, 0.4) is 0 Å². The molecule has 0 fully saturated rings. The number of fused-ring (bicyclic) bond motifs is 2. The molecule has 0 atom stereocenters. The second kappa shape index (κ2) is 7.20. The summed E-state index contributed by atoms with van der Waals surface area (Å²) in [6.45, 7) is 13.3. The van der Waals surface area contributed by atoms with E-state index in [2.05, 4.69) is 41.5 Å². The predicted octanol–water partition coefficient (Wildman–Crippen LogP) is 2.52. The molecule has 0 N–H and O–H groups in total. The molecule has 156 valence electrons. The fourth-order valence-corrected chi connectivity index (χ4v) is 3.90. The number of aromatic nitrogens is 2. The van der Waals surface area contributed by atoms with E-state index in [1.54, 1.807) is 0 Å². The Morgan fingerprint density at radius 3 is 0.767 bits per heavy atom. The molecule has 0 radical (unpaired) electrons. The van der Waals surface area contributed by atoms with Gasteiger partial charge in [0.15, 0.2) is 0 Å². The molecule has 0 aliphatic carbocycles. The first-order valence-corrected chi connectivity index (χ1v) is 9.76. The van der Waals surface area contributed by atoms with Crippen LogP contribution in [0.15, 0.2) is 31.3 Å². The standard InChI is InChI=1S/C12H8N2O4.C12H18/c1-13-9(15)5-3-7-8(4-6(5)10(13)16)12(18)14(2)11(7)17;1-7-8(2)10(4)12(6)11(5)9(7)3/h3-4H,1-2H3;1-6H3. The number of nitrogens with zero attached hydrogens (tertiary/aromatic N) is 2. The van der Waals surface area contributed by atoms with Crippen molar-refractivity contribution in [1.29, 1.82) is 0 Å². The highest BCUT2D eigenvalue weighted by Gasteiger charge is 2.16. The lowest BCUT2D eigenvalue weighted by molar-refractivity contribution is 0.854. The highest BCUT2D eigenvalue weighted by molar-refractivity contribution is 5.97. The third-order valence-corrected chi connectivity index (χ3v) is 6.67. The molecule has 0 spiro atoms. The van der Waals surface area contributed by atoms with Gasteiger partial charge in [0.25, 0.3) is 22.2 Å². The van der Waals surface area contributed by atoms with E-state index in [0.717, 1.165) is 9.13 Å². The maximum Gasteiger partial charge on any atom is 0.261 e. The normalized spacial score (nSPS) is 11.2. The predicted molar refractivity (Wildman–Crippen MR) is 122 cm³/mol. The number of rotatable bonds is 0. The van der Waals surface area contributed by atoms with Gasteiger partial charge in [0, 0.05) is 14.1 Å². The summed E-state index contributed by atoms with van der Waals surface area (Å²) in [4.78, 5) is 47.1. The first-order chi connectivity index (χ1) is 13.9. The van der Waals surface area contributed by atoms with Gasteiger partial charge in [0.1, 0.15) is 0 Å². The largest absolute Gasteiger partial charge is 0.277 e. The molecule has 4 aromatic rings.